The molecule has 1 aromatic rings. The van der Waals surface area contributed by atoms with Gasteiger partial charge in [-0.25, -0.2) is 0 Å². The zero-order valence-electron chi connectivity index (χ0n) is 6.62. The number of furan rings is 1. The number of carboxylic acid groups (broad SMARTS) is 1. The first-order valence-corrected chi connectivity index (χ1v) is 4.05. The summed E-state index contributed by atoms with van der Waals surface area (Å²) in [5.41, 5.74) is 1.17. The van der Waals surface area contributed by atoms with Gasteiger partial charge in [0, 0.05) is 6.42 Å². The highest BCUT2D eigenvalue weighted by Crippen LogP contribution is 2.26. The van der Waals surface area contributed by atoms with Gasteiger partial charge in [0.2, 0.25) is 0 Å². The van der Waals surface area contributed by atoms with Crippen molar-refractivity contribution in [2.24, 2.45) is 5.92 Å². The van der Waals surface area contributed by atoms with Crippen molar-refractivity contribution >= 4 is 5.97 Å². The molecule has 0 unspecified atom stereocenters. The fraction of sp³-hybridized carbons (Fsp3) is 0.444. The Morgan fingerprint density at radius 3 is 3.25 bits per heavy atom. The topological polar surface area (TPSA) is 50.4 Å². The average Bonchev–Trinajstić information content (AvgIpc) is 2.49. The molecule has 64 valence electrons. The summed E-state index contributed by atoms with van der Waals surface area (Å²) in [5.74, 6) is -0.102. The molecule has 1 atom stereocenters. The van der Waals surface area contributed by atoms with Crippen LogP contribution in [0.25, 0.3) is 0 Å². The molecular formula is C9H10O3. The fourth-order valence-electron chi connectivity index (χ4n) is 1.64. The van der Waals surface area contributed by atoms with Gasteiger partial charge in [-0.15, -0.1) is 0 Å². The third kappa shape index (κ3) is 1.11. The van der Waals surface area contributed by atoms with Gasteiger partial charge < -0.3 is 9.52 Å². The first-order chi connectivity index (χ1) is 5.77. The van der Waals surface area contributed by atoms with Crippen molar-refractivity contribution in [3.63, 3.8) is 0 Å². The Bertz CT molecular complexity index is 300. The third-order valence-corrected chi connectivity index (χ3v) is 2.38. The molecule has 1 aliphatic rings. The Labute approximate surface area is 70.0 Å². The van der Waals surface area contributed by atoms with Crippen LogP contribution < -0.4 is 0 Å². The van der Waals surface area contributed by atoms with E-state index in [-0.39, 0.29) is 5.92 Å². The maximum absolute atomic E-state index is 10.6. The summed E-state index contributed by atoms with van der Waals surface area (Å²) in [6.45, 7) is 0. The monoisotopic (exact) mass is 166 g/mol. The number of carbonyl (C=O) groups is 1. The minimum Gasteiger partial charge on any atom is -0.481 e. The van der Waals surface area contributed by atoms with E-state index in [0.29, 0.717) is 6.42 Å². The van der Waals surface area contributed by atoms with Crippen LogP contribution in [-0.2, 0) is 17.6 Å². The normalized spacial score (nSPS) is 21.8. The number of aliphatic carboxylic acids is 1. The van der Waals surface area contributed by atoms with Crippen LogP contribution in [0.1, 0.15) is 17.7 Å². The molecule has 0 amide bonds. The minimum atomic E-state index is -0.711. The standard InChI is InChI=1S/C9H10O3/c10-9(11)7-2-1-6-3-4-12-8(6)5-7/h3-4,7H,1-2,5H2,(H,10,11)/t7-/m0/s1. The quantitative estimate of drug-likeness (QED) is 0.687. The lowest BCUT2D eigenvalue weighted by Gasteiger charge is -2.16. The van der Waals surface area contributed by atoms with Gasteiger partial charge in [-0.2, -0.15) is 0 Å². The molecule has 1 N–H and O–H groups in total. The van der Waals surface area contributed by atoms with Gasteiger partial charge in [0.05, 0.1) is 12.2 Å². The van der Waals surface area contributed by atoms with Crippen molar-refractivity contribution in [3.8, 4) is 0 Å². The zero-order chi connectivity index (χ0) is 8.55. The van der Waals surface area contributed by atoms with Gasteiger partial charge in [-0.3, -0.25) is 4.79 Å². The first-order valence-electron chi connectivity index (χ1n) is 4.05. The van der Waals surface area contributed by atoms with E-state index in [0.717, 1.165) is 18.6 Å². The highest BCUT2D eigenvalue weighted by Gasteiger charge is 2.25. The van der Waals surface area contributed by atoms with E-state index in [1.54, 1.807) is 6.26 Å². The van der Waals surface area contributed by atoms with E-state index in [4.69, 9.17) is 9.52 Å². The molecule has 0 fully saturated rings. The molecule has 0 aliphatic heterocycles. The molecule has 0 spiro atoms. The molecule has 3 heteroatoms. The van der Waals surface area contributed by atoms with Gasteiger partial charge in [0.25, 0.3) is 0 Å². The first kappa shape index (κ1) is 7.40. The number of rotatable bonds is 1. The molecule has 2 rings (SSSR count). The lowest BCUT2D eigenvalue weighted by atomic mass is 9.89. The van der Waals surface area contributed by atoms with Crippen LogP contribution in [0.5, 0.6) is 0 Å². The molecule has 0 bridgehead atoms. The van der Waals surface area contributed by atoms with Crippen molar-refractivity contribution in [1.29, 1.82) is 0 Å². The second-order valence-corrected chi connectivity index (χ2v) is 3.15. The van der Waals surface area contributed by atoms with Crippen LogP contribution >= 0.6 is 0 Å². The number of aryl methyl sites for hydroxylation is 1. The van der Waals surface area contributed by atoms with Crippen molar-refractivity contribution in [2.45, 2.75) is 19.3 Å². The van der Waals surface area contributed by atoms with Gasteiger partial charge >= 0.3 is 5.97 Å². The summed E-state index contributed by atoms with van der Waals surface area (Å²) in [7, 11) is 0. The van der Waals surface area contributed by atoms with E-state index in [9.17, 15) is 4.79 Å². The second kappa shape index (κ2) is 2.66. The van der Waals surface area contributed by atoms with Gasteiger partial charge in [-0.1, -0.05) is 0 Å². The molecule has 0 saturated carbocycles. The van der Waals surface area contributed by atoms with Gasteiger partial charge in [0.15, 0.2) is 0 Å². The largest absolute Gasteiger partial charge is 0.481 e. The van der Waals surface area contributed by atoms with E-state index >= 15 is 0 Å². The fourth-order valence-corrected chi connectivity index (χ4v) is 1.64. The lowest BCUT2D eigenvalue weighted by Crippen LogP contribution is -2.21. The summed E-state index contributed by atoms with van der Waals surface area (Å²) in [5, 5.41) is 8.76. The summed E-state index contributed by atoms with van der Waals surface area (Å²) in [4.78, 5) is 10.6. The van der Waals surface area contributed by atoms with Crippen LogP contribution in [0.15, 0.2) is 16.7 Å². The highest BCUT2D eigenvalue weighted by molar-refractivity contribution is 5.70. The summed E-state index contributed by atoms with van der Waals surface area (Å²) in [6, 6.07) is 1.92. The Balaban J connectivity index is 2.20. The Kier molecular flexibility index (Phi) is 1.64. The predicted molar refractivity (Wildman–Crippen MR) is 41.9 cm³/mol. The summed E-state index contributed by atoms with van der Waals surface area (Å²) >= 11 is 0. The predicted octanol–water partition coefficient (Wildman–Crippen LogP) is 1.47. The van der Waals surface area contributed by atoms with Crippen LogP contribution in [-0.4, -0.2) is 11.1 Å². The SMILES string of the molecule is O=C(O)[C@H]1CCc2ccoc2C1. The van der Waals surface area contributed by atoms with Crippen molar-refractivity contribution in [1.82, 2.24) is 0 Å². The Hall–Kier alpha value is -1.25. The van der Waals surface area contributed by atoms with Gasteiger partial charge in [0.1, 0.15) is 5.76 Å². The number of hydrogen-bond donors (Lipinski definition) is 1. The highest BCUT2D eigenvalue weighted by atomic mass is 16.4. The van der Waals surface area contributed by atoms with Crippen LogP contribution in [0.4, 0.5) is 0 Å². The lowest BCUT2D eigenvalue weighted by molar-refractivity contribution is -0.142. The smallest absolute Gasteiger partial charge is 0.306 e. The molecule has 0 radical (unpaired) electrons. The molecule has 1 aromatic heterocycles. The van der Waals surface area contributed by atoms with Gasteiger partial charge in [-0.05, 0) is 24.5 Å². The number of carboxylic acids is 1. The minimum absolute atomic E-state index is 0.247. The van der Waals surface area contributed by atoms with Crippen molar-refractivity contribution in [3.05, 3.63) is 23.7 Å². The zero-order valence-corrected chi connectivity index (χ0v) is 6.62. The van der Waals surface area contributed by atoms with Crippen LogP contribution in [0, 0.1) is 5.92 Å². The maximum atomic E-state index is 10.6. The van der Waals surface area contributed by atoms with E-state index in [2.05, 4.69) is 0 Å². The molecule has 1 aliphatic carbocycles. The molecule has 1 heterocycles. The molecule has 3 nitrogen and oxygen atoms in total. The van der Waals surface area contributed by atoms with E-state index in [1.807, 2.05) is 6.07 Å². The van der Waals surface area contributed by atoms with E-state index in [1.165, 1.54) is 5.56 Å². The van der Waals surface area contributed by atoms with Crippen LogP contribution in [0.2, 0.25) is 0 Å². The Morgan fingerprint density at radius 1 is 1.67 bits per heavy atom. The molecule has 12 heavy (non-hydrogen) atoms. The van der Waals surface area contributed by atoms with Crippen LogP contribution in [0.3, 0.4) is 0 Å². The molecular weight excluding hydrogens is 156 g/mol. The molecule has 0 saturated heterocycles. The van der Waals surface area contributed by atoms with Crippen molar-refractivity contribution in [2.75, 3.05) is 0 Å². The third-order valence-electron chi connectivity index (χ3n) is 2.38. The average molecular weight is 166 g/mol. The van der Waals surface area contributed by atoms with E-state index < -0.39 is 5.97 Å². The maximum Gasteiger partial charge on any atom is 0.306 e. The molecule has 0 aromatic carbocycles. The number of hydrogen-bond acceptors (Lipinski definition) is 2. The summed E-state index contributed by atoms with van der Waals surface area (Å²) < 4.78 is 5.17. The van der Waals surface area contributed by atoms with Crippen molar-refractivity contribution < 1.29 is 14.3 Å². The number of fused-ring (bicyclic) bond motifs is 1. The second-order valence-electron chi connectivity index (χ2n) is 3.15. The Morgan fingerprint density at radius 2 is 2.50 bits per heavy atom. The summed E-state index contributed by atoms with van der Waals surface area (Å²) in [6.07, 6.45) is 3.76.